The first-order valence-electron chi connectivity index (χ1n) is 9.29. The van der Waals surface area contributed by atoms with E-state index in [4.69, 9.17) is 0 Å². The van der Waals surface area contributed by atoms with Gasteiger partial charge in [0.25, 0.3) is 0 Å². The third-order valence-corrected chi connectivity index (χ3v) is 4.26. The standard InChI is InChI=1S/C21H33NO.Na.H/c1-3-5-6-7-8-9-10-11-12-13-16-19-17-14-15-18-20(19)22-21(23)4-2;;/h4,14-15,17-18H,2-3,5-13,16H2,1H3,(H,22,23);;/q;+1;-1. The SMILES string of the molecule is C=CC(=O)Nc1ccccc1CCCCCCCCCCCC.[H-].[Na+]. The van der Waals surface area contributed by atoms with Gasteiger partial charge in [-0.2, -0.15) is 0 Å². The summed E-state index contributed by atoms with van der Waals surface area (Å²) in [5, 5.41) is 2.89. The number of nitrogens with one attached hydrogen (secondary N) is 1. The summed E-state index contributed by atoms with van der Waals surface area (Å²) in [6, 6.07) is 8.06. The number of hydrogen-bond acceptors (Lipinski definition) is 1. The van der Waals surface area contributed by atoms with Crippen LogP contribution >= 0.6 is 0 Å². The molecule has 0 aliphatic heterocycles. The van der Waals surface area contributed by atoms with E-state index in [2.05, 4.69) is 24.9 Å². The van der Waals surface area contributed by atoms with Crippen LogP contribution < -0.4 is 34.9 Å². The zero-order chi connectivity index (χ0) is 16.8. The molecule has 0 heterocycles. The molecule has 0 spiro atoms. The van der Waals surface area contributed by atoms with Crippen LogP contribution in [0.25, 0.3) is 0 Å². The molecule has 0 bridgehead atoms. The summed E-state index contributed by atoms with van der Waals surface area (Å²) in [4.78, 5) is 11.4. The summed E-state index contributed by atoms with van der Waals surface area (Å²) in [5.74, 6) is -0.138. The van der Waals surface area contributed by atoms with Crippen molar-refractivity contribution in [2.45, 2.75) is 77.6 Å². The first-order chi connectivity index (χ1) is 11.3. The van der Waals surface area contributed by atoms with E-state index in [1.54, 1.807) is 0 Å². The van der Waals surface area contributed by atoms with Crippen LogP contribution in [0.2, 0.25) is 0 Å². The minimum Gasteiger partial charge on any atom is -1.00 e. The van der Waals surface area contributed by atoms with Crippen molar-refractivity contribution in [2.24, 2.45) is 0 Å². The van der Waals surface area contributed by atoms with E-state index >= 15 is 0 Å². The predicted molar refractivity (Wildman–Crippen MR) is 102 cm³/mol. The molecule has 0 saturated carbocycles. The van der Waals surface area contributed by atoms with E-state index in [1.165, 1.54) is 75.8 Å². The number of hydrogen-bond donors (Lipinski definition) is 1. The van der Waals surface area contributed by atoms with Crippen molar-refractivity contribution in [2.75, 3.05) is 5.32 Å². The summed E-state index contributed by atoms with van der Waals surface area (Å²) in [6.45, 7) is 5.77. The number of unbranched alkanes of at least 4 members (excludes halogenated alkanes) is 9. The van der Waals surface area contributed by atoms with Crippen molar-refractivity contribution < 1.29 is 35.8 Å². The molecular formula is C21H34NNaO. The van der Waals surface area contributed by atoms with Crippen molar-refractivity contribution >= 4 is 11.6 Å². The van der Waals surface area contributed by atoms with Gasteiger partial charge >= 0.3 is 29.6 Å². The maximum absolute atomic E-state index is 11.4. The van der Waals surface area contributed by atoms with E-state index in [-0.39, 0.29) is 36.9 Å². The molecule has 2 nitrogen and oxygen atoms in total. The minimum atomic E-state index is -0.138. The number of amides is 1. The Morgan fingerprint density at radius 3 is 2.12 bits per heavy atom. The summed E-state index contributed by atoms with van der Waals surface area (Å²) >= 11 is 0. The second kappa shape index (κ2) is 15.9. The molecule has 0 aliphatic carbocycles. The molecule has 1 aromatic carbocycles. The van der Waals surface area contributed by atoms with Gasteiger partial charge in [-0.3, -0.25) is 4.79 Å². The van der Waals surface area contributed by atoms with Gasteiger partial charge < -0.3 is 6.74 Å². The first kappa shape index (κ1) is 23.4. The van der Waals surface area contributed by atoms with Gasteiger partial charge in [-0.15, -0.1) is 0 Å². The van der Waals surface area contributed by atoms with E-state index < -0.39 is 0 Å². The summed E-state index contributed by atoms with van der Waals surface area (Å²) in [6.07, 6.45) is 15.8. The Labute approximate surface area is 172 Å². The van der Waals surface area contributed by atoms with Gasteiger partial charge in [0, 0.05) is 5.69 Å². The molecule has 24 heavy (non-hydrogen) atoms. The molecule has 0 atom stereocenters. The predicted octanol–water partition coefficient (Wildman–Crippen LogP) is 3.39. The van der Waals surface area contributed by atoms with Gasteiger partial charge in [-0.1, -0.05) is 89.5 Å². The Balaban J connectivity index is 0. The van der Waals surface area contributed by atoms with Crippen LogP contribution in [0, 0.1) is 0 Å². The Hall–Kier alpha value is -0.570. The van der Waals surface area contributed by atoms with Crippen LogP contribution in [-0.4, -0.2) is 5.91 Å². The second-order valence-corrected chi connectivity index (χ2v) is 6.28. The average Bonchev–Trinajstić information content (AvgIpc) is 2.57. The molecule has 0 unspecified atom stereocenters. The van der Waals surface area contributed by atoms with Crippen molar-refractivity contribution in [3.63, 3.8) is 0 Å². The average molecular weight is 339 g/mol. The van der Waals surface area contributed by atoms with Crippen molar-refractivity contribution in [3.05, 3.63) is 42.5 Å². The molecule has 1 amide bonds. The Morgan fingerprint density at radius 2 is 1.54 bits per heavy atom. The molecule has 1 N–H and O–H groups in total. The van der Waals surface area contributed by atoms with E-state index in [1.807, 2.05) is 18.2 Å². The fourth-order valence-electron chi connectivity index (χ4n) is 2.85. The number of anilines is 1. The van der Waals surface area contributed by atoms with Crippen molar-refractivity contribution in [1.82, 2.24) is 0 Å². The number of aryl methyl sites for hydroxylation is 1. The van der Waals surface area contributed by atoms with Crippen LogP contribution in [0.3, 0.4) is 0 Å². The van der Waals surface area contributed by atoms with Crippen LogP contribution in [0.15, 0.2) is 36.9 Å². The van der Waals surface area contributed by atoms with E-state index in [9.17, 15) is 4.79 Å². The molecule has 130 valence electrons. The Morgan fingerprint density at radius 1 is 1.00 bits per heavy atom. The zero-order valence-electron chi connectivity index (χ0n) is 16.8. The van der Waals surface area contributed by atoms with Crippen LogP contribution in [0.5, 0.6) is 0 Å². The molecular weight excluding hydrogens is 305 g/mol. The number of carbonyl (C=O) groups excluding carboxylic acids is 1. The summed E-state index contributed by atoms with van der Waals surface area (Å²) in [5.41, 5.74) is 2.15. The first-order valence-corrected chi connectivity index (χ1v) is 9.29. The molecule has 3 heteroatoms. The van der Waals surface area contributed by atoms with E-state index in [0.29, 0.717) is 0 Å². The van der Waals surface area contributed by atoms with Gasteiger partial charge in [0.1, 0.15) is 0 Å². The third kappa shape index (κ3) is 11.1. The fraction of sp³-hybridized carbons (Fsp3) is 0.571. The molecule has 1 aromatic rings. The Bertz CT molecular complexity index is 465. The molecule has 0 saturated heterocycles. The summed E-state index contributed by atoms with van der Waals surface area (Å²) < 4.78 is 0. The topological polar surface area (TPSA) is 29.1 Å². The van der Waals surface area contributed by atoms with Gasteiger partial charge in [0.2, 0.25) is 5.91 Å². The molecule has 0 fully saturated rings. The number of carbonyl (C=O) groups is 1. The largest absolute Gasteiger partial charge is 1.00 e. The minimum absolute atomic E-state index is 0. The molecule has 0 aliphatic rings. The van der Waals surface area contributed by atoms with Gasteiger partial charge in [-0.25, -0.2) is 0 Å². The van der Waals surface area contributed by atoms with Crippen molar-refractivity contribution in [1.29, 1.82) is 0 Å². The molecule has 0 aromatic heterocycles. The fourth-order valence-corrected chi connectivity index (χ4v) is 2.85. The zero-order valence-corrected chi connectivity index (χ0v) is 17.8. The van der Waals surface area contributed by atoms with Crippen LogP contribution in [-0.2, 0) is 11.2 Å². The van der Waals surface area contributed by atoms with Crippen molar-refractivity contribution in [3.8, 4) is 0 Å². The quantitative estimate of drug-likeness (QED) is 0.333. The van der Waals surface area contributed by atoms with Gasteiger partial charge in [0.05, 0.1) is 0 Å². The smallest absolute Gasteiger partial charge is 1.00 e. The third-order valence-electron chi connectivity index (χ3n) is 4.26. The number of para-hydroxylation sites is 1. The van der Waals surface area contributed by atoms with Crippen LogP contribution in [0.1, 0.15) is 78.1 Å². The summed E-state index contributed by atoms with van der Waals surface area (Å²) in [7, 11) is 0. The van der Waals surface area contributed by atoms with E-state index in [0.717, 1.165) is 12.1 Å². The molecule has 1 rings (SSSR count). The molecule has 0 radical (unpaired) electrons. The van der Waals surface area contributed by atoms with Gasteiger partial charge in [0.15, 0.2) is 0 Å². The van der Waals surface area contributed by atoms with Gasteiger partial charge in [-0.05, 0) is 30.5 Å². The normalized spacial score (nSPS) is 10.0. The Kier molecular flexibility index (Phi) is 15.6. The maximum Gasteiger partial charge on any atom is 1.00 e. The number of rotatable bonds is 13. The second-order valence-electron chi connectivity index (χ2n) is 6.28. The maximum atomic E-state index is 11.4. The monoisotopic (exact) mass is 339 g/mol. The van der Waals surface area contributed by atoms with Crippen LogP contribution in [0.4, 0.5) is 5.69 Å². The number of benzene rings is 1.